The van der Waals surface area contributed by atoms with E-state index in [1.54, 1.807) is 0 Å². The number of benzene rings is 1. The van der Waals surface area contributed by atoms with Crippen LogP contribution in [0.25, 0.3) is 0 Å². The number of hydrogen-bond donors (Lipinski definition) is 1. The van der Waals surface area contributed by atoms with E-state index in [1.807, 2.05) is 0 Å². The third-order valence-electron chi connectivity index (χ3n) is 3.90. The van der Waals surface area contributed by atoms with Gasteiger partial charge in [-0.25, -0.2) is 0 Å². The number of aromatic hydroxyl groups is 1. The summed E-state index contributed by atoms with van der Waals surface area (Å²) < 4.78 is 68.7. The fourth-order valence-corrected chi connectivity index (χ4v) is 3.10. The highest BCUT2D eigenvalue weighted by Gasteiger charge is 2.49. The Kier molecular flexibility index (Phi) is 3.29. The number of Topliss-reactive ketones (excluding diaryl/α,β-unsaturated/α-hetero) is 1. The summed E-state index contributed by atoms with van der Waals surface area (Å²) in [5.74, 6) is -2.04. The third kappa shape index (κ3) is 2.60. The van der Waals surface area contributed by atoms with Crippen molar-refractivity contribution in [2.24, 2.45) is 0 Å². The smallest absolute Gasteiger partial charge is 0.507 e. The van der Waals surface area contributed by atoms with Gasteiger partial charge in [-0.05, 0) is 19.3 Å². The second kappa shape index (κ2) is 4.76. The summed E-state index contributed by atoms with van der Waals surface area (Å²) in [5.41, 5.74) is -6.51. The monoisotopic (exact) mass is 352 g/mol. The molecule has 0 unspecified atom stereocenters. The topological polar surface area (TPSA) is 89.9 Å². The van der Waals surface area contributed by atoms with Crippen LogP contribution >= 0.6 is 0 Å². The van der Waals surface area contributed by atoms with Crippen molar-refractivity contribution < 1.29 is 40.4 Å². The van der Waals surface area contributed by atoms with Gasteiger partial charge in [0.2, 0.25) is 0 Å². The molecule has 6 nitrogen and oxygen atoms in total. The minimum Gasteiger partial charge on any atom is -0.507 e. The van der Waals surface area contributed by atoms with Gasteiger partial charge in [0.1, 0.15) is 28.4 Å². The lowest BCUT2D eigenvalue weighted by Crippen LogP contribution is -2.47. The molecule has 0 aromatic heterocycles. The molecule has 2 aliphatic rings. The third-order valence-corrected chi connectivity index (χ3v) is 4.88. The van der Waals surface area contributed by atoms with E-state index in [0.717, 1.165) is 12.5 Å². The zero-order chi connectivity index (χ0) is 17.0. The van der Waals surface area contributed by atoms with Crippen LogP contribution in [0.5, 0.6) is 17.2 Å². The summed E-state index contributed by atoms with van der Waals surface area (Å²) in [6.07, 6.45) is 2.11. The first-order valence-electron chi connectivity index (χ1n) is 6.63. The number of rotatable bonds is 2. The molecule has 0 amide bonds. The Labute approximate surface area is 128 Å². The van der Waals surface area contributed by atoms with Gasteiger partial charge < -0.3 is 14.0 Å². The van der Waals surface area contributed by atoms with Gasteiger partial charge in [-0.15, -0.1) is 0 Å². The van der Waals surface area contributed by atoms with Gasteiger partial charge in [-0.1, -0.05) is 0 Å². The highest BCUT2D eigenvalue weighted by molar-refractivity contribution is 7.88. The van der Waals surface area contributed by atoms with Crippen molar-refractivity contribution in [3.63, 3.8) is 0 Å². The average molecular weight is 352 g/mol. The van der Waals surface area contributed by atoms with E-state index >= 15 is 0 Å². The standard InChI is InChI=1S/C13H11F3O6S/c14-13(15,16)23(19,20)22-7-4-8(17)11-9(18)6-12(2-1-3-12)21-10(11)5-7/h4-5,17H,1-3,6H2. The fraction of sp³-hybridized carbons (Fsp3) is 0.462. The van der Waals surface area contributed by atoms with Gasteiger partial charge in [0, 0.05) is 12.1 Å². The maximum Gasteiger partial charge on any atom is 0.534 e. The van der Waals surface area contributed by atoms with Crippen molar-refractivity contribution in [2.45, 2.75) is 36.8 Å². The minimum absolute atomic E-state index is 0.0641. The summed E-state index contributed by atoms with van der Waals surface area (Å²) >= 11 is 0. The van der Waals surface area contributed by atoms with Gasteiger partial charge in [0.05, 0.1) is 6.42 Å². The maximum atomic E-state index is 12.3. The summed E-state index contributed by atoms with van der Waals surface area (Å²) in [5, 5.41) is 9.81. The molecule has 0 bridgehead atoms. The summed E-state index contributed by atoms with van der Waals surface area (Å²) in [6, 6.07) is 1.51. The van der Waals surface area contributed by atoms with Crippen molar-refractivity contribution in [3.8, 4) is 17.2 Å². The first kappa shape index (κ1) is 15.9. The van der Waals surface area contributed by atoms with Crippen molar-refractivity contribution >= 4 is 15.9 Å². The number of halogens is 3. The molecule has 1 aliphatic heterocycles. The predicted molar refractivity (Wildman–Crippen MR) is 69.9 cm³/mol. The van der Waals surface area contributed by atoms with Crippen LogP contribution in [0.15, 0.2) is 12.1 Å². The normalized spacial score (nSPS) is 19.7. The SMILES string of the molecule is O=C1CC2(CCC2)Oc2cc(OS(=O)(=O)C(F)(F)F)cc(O)c21. The van der Waals surface area contributed by atoms with E-state index in [1.165, 1.54) is 0 Å². The van der Waals surface area contributed by atoms with E-state index in [-0.39, 0.29) is 17.7 Å². The number of phenols is 1. The number of hydrogen-bond acceptors (Lipinski definition) is 6. The zero-order valence-electron chi connectivity index (χ0n) is 11.5. The molecule has 1 aromatic rings. The maximum absolute atomic E-state index is 12.3. The summed E-state index contributed by atoms with van der Waals surface area (Å²) in [7, 11) is -5.88. The Morgan fingerprint density at radius 1 is 1.26 bits per heavy atom. The second-order valence-corrected chi connectivity index (χ2v) is 7.08. The minimum atomic E-state index is -5.88. The Morgan fingerprint density at radius 2 is 1.91 bits per heavy atom. The number of fused-ring (bicyclic) bond motifs is 1. The Bertz CT molecular complexity index is 780. The van der Waals surface area contributed by atoms with Crippen LogP contribution in [0.1, 0.15) is 36.0 Å². The van der Waals surface area contributed by atoms with Gasteiger partial charge >= 0.3 is 15.6 Å². The first-order chi connectivity index (χ1) is 10.5. The predicted octanol–water partition coefficient (Wildman–Crippen LogP) is 2.51. The van der Waals surface area contributed by atoms with Crippen LogP contribution in [-0.2, 0) is 10.1 Å². The molecule has 1 aromatic carbocycles. The average Bonchev–Trinajstić information content (AvgIpc) is 2.33. The largest absolute Gasteiger partial charge is 0.534 e. The Morgan fingerprint density at radius 3 is 2.43 bits per heavy atom. The van der Waals surface area contributed by atoms with Crippen LogP contribution in [0.4, 0.5) is 13.2 Å². The van der Waals surface area contributed by atoms with Gasteiger partial charge in [-0.2, -0.15) is 21.6 Å². The molecule has 1 spiro atoms. The van der Waals surface area contributed by atoms with E-state index in [0.29, 0.717) is 18.9 Å². The Hall–Kier alpha value is -1.97. The molecule has 1 heterocycles. The van der Waals surface area contributed by atoms with Crippen molar-refractivity contribution in [2.75, 3.05) is 0 Å². The van der Waals surface area contributed by atoms with Crippen LogP contribution in [0.2, 0.25) is 0 Å². The molecule has 1 fully saturated rings. The van der Waals surface area contributed by atoms with Crippen molar-refractivity contribution in [1.82, 2.24) is 0 Å². The van der Waals surface area contributed by atoms with Crippen LogP contribution in [0, 0.1) is 0 Å². The van der Waals surface area contributed by atoms with Crippen LogP contribution < -0.4 is 8.92 Å². The molecule has 0 radical (unpaired) electrons. The summed E-state index contributed by atoms with van der Waals surface area (Å²) in [4.78, 5) is 12.1. The quantitative estimate of drug-likeness (QED) is 0.650. The molecule has 10 heteroatoms. The molecular formula is C13H11F3O6S. The highest BCUT2D eigenvalue weighted by Crippen LogP contribution is 2.48. The molecule has 1 saturated carbocycles. The zero-order valence-corrected chi connectivity index (χ0v) is 12.3. The van der Waals surface area contributed by atoms with Gasteiger partial charge in [-0.3, -0.25) is 4.79 Å². The molecule has 0 saturated heterocycles. The number of ether oxygens (including phenoxy) is 1. The van der Waals surface area contributed by atoms with Gasteiger partial charge in [0.25, 0.3) is 0 Å². The summed E-state index contributed by atoms with van der Waals surface area (Å²) in [6.45, 7) is 0. The number of carbonyl (C=O) groups excluding carboxylic acids is 1. The second-order valence-electron chi connectivity index (χ2n) is 5.54. The lowest BCUT2D eigenvalue weighted by molar-refractivity contribution is -0.0501. The first-order valence-corrected chi connectivity index (χ1v) is 8.04. The number of phenolic OH excluding ortho intramolecular Hbond substituents is 1. The lowest BCUT2D eigenvalue weighted by atomic mass is 9.74. The van der Waals surface area contributed by atoms with Crippen molar-refractivity contribution in [1.29, 1.82) is 0 Å². The van der Waals surface area contributed by atoms with E-state index in [4.69, 9.17) is 4.74 Å². The van der Waals surface area contributed by atoms with E-state index < -0.39 is 38.5 Å². The molecule has 23 heavy (non-hydrogen) atoms. The molecule has 126 valence electrons. The molecular weight excluding hydrogens is 341 g/mol. The van der Waals surface area contributed by atoms with E-state index in [2.05, 4.69) is 4.18 Å². The van der Waals surface area contributed by atoms with E-state index in [9.17, 15) is 31.5 Å². The highest BCUT2D eigenvalue weighted by atomic mass is 32.2. The molecule has 1 aliphatic carbocycles. The molecule has 3 rings (SSSR count). The number of ketones is 1. The lowest BCUT2D eigenvalue weighted by Gasteiger charge is -2.44. The fourth-order valence-electron chi connectivity index (χ4n) is 2.66. The molecule has 0 atom stereocenters. The Balaban J connectivity index is 1.99. The van der Waals surface area contributed by atoms with Gasteiger partial charge in [0.15, 0.2) is 5.78 Å². The van der Waals surface area contributed by atoms with Crippen LogP contribution in [-0.4, -0.2) is 30.4 Å². The number of alkyl halides is 3. The van der Waals surface area contributed by atoms with Crippen molar-refractivity contribution in [3.05, 3.63) is 17.7 Å². The number of carbonyl (C=O) groups is 1. The van der Waals surface area contributed by atoms with Crippen LogP contribution in [0.3, 0.4) is 0 Å². The molecule has 1 N–H and O–H groups in total.